The summed E-state index contributed by atoms with van der Waals surface area (Å²) < 4.78 is 0. The van der Waals surface area contributed by atoms with Gasteiger partial charge in [0, 0.05) is 18.5 Å². The molecule has 2 amide bonds. The lowest BCUT2D eigenvalue weighted by atomic mass is 10.1. The number of carbonyl (C=O) groups excluding carboxylic acids is 2. The van der Waals surface area contributed by atoms with Crippen LogP contribution in [0.3, 0.4) is 0 Å². The minimum atomic E-state index is -0.573. The normalized spacial score (nSPS) is 12.7. The fourth-order valence-corrected chi connectivity index (χ4v) is 2.42. The van der Waals surface area contributed by atoms with Gasteiger partial charge in [-0.15, -0.1) is 0 Å². The fraction of sp³-hybridized carbons (Fsp3) is 0.529. The van der Waals surface area contributed by atoms with Crippen molar-refractivity contribution < 1.29 is 9.59 Å². The SMILES string of the molecule is CCC(=O)N(Cc1ccc(Cl)c(Cl)c1)[C@H](C)C(=O)NC(C)(C)C. The highest BCUT2D eigenvalue weighted by atomic mass is 35.5. The summed E-state index contributed by atoms with van der Waals surface area (Å²) in [6.45, 7) is 9.53. The predicted octanol–water partition coefficient (Wildman–Crippen LogP) is 4.04. The predicted molar refractivity (Wildman–Crippen MR) is 94.7 cm³/mol. The Kier molecular flexibility index (Phi) is 6.90. The van der Waals surface area contributed by atoms with Gasteiger partial charge >= 0.3 is 0 Å². The Morgan fingerprint density at radius 1 is 1.22 bits per heavy atom. The standard InChI is InChI=1S/C17H24Cl2N2O2/c1-6-15(22)21(11(2)16(23)20-17(3,4)5)10-12-7-8-13(18)14(19)9-12/h7-9,11H,6,10H2,1-5H3,(H,20,23)/t11-/m1/s1. The summed E-state index contributed by atoms with van der Waals surface area (Å²) in [7, 11) is 0. The molecule has 1 N–H and O–H groups in total. The Morgan fingerprint density at radius 3 is 2.30 bits per heavy atom. The van der Waals surface area contributed by atoms with Gasteiger partial charge in [-0.05, 0) is 45.4 Å². The van der Waals surface area contributed by atoms with Crippen molar-refractivity contribution in [2.75, 3.05) is 0 Å². The largest absolute Gasteiger partial charge is 0.350 e. The van der Waals surface area contributed by atoms with Crippen molar-refractivity contribution in [3.8, 4) is 0 Å². The molecule has 0 unspecified atom stereocenters. The molecule has 0 heterocycles. The van der Waals surface area contributed by atoms with E-state index in [4.69, 9.17) is 23.2 Å². The van der Waals surface area contributed by atoms with Crippen LogP contribution >= 0.6 is 23.2 Å². The van der Waals surface area contributed by atoms with Crippen LogP contribution in [0.2, 0.25) is 10.0 Å². The van der Waals surface area contributed by atoms with E-state index in [1.165, 1.54) is 0 Å². The summed E-state index contributed by atoms with van der Waals surface area (Å²) in [5.74, 6) is -0.271. The van der Waals surface area contributed by atoms with Crippen LogP contribution in [0.4, 0.5) is 0 Å². The number of carbonyl (C=O) groups is 2. The summed E-state index contributed by atoms with van der Waals surface area (Å²) >= 11 is 11.9. The Bertz CT molecular complexity index is 582. The molecule has 128 valence electrons. The molecule has 6 heteroatoms. The van der Waals surface area contributed by atoms with E-state index >= 15 is 0 Å². The van der Waals surface area contributed by atoms with Gasteiger partial charge < -0.3 is 10.2 Å². The molecule has 1 atom stereocenters. The highest BCUT2D eigenvalue weighted by Gasteiger charge is 2.27. The minimum absolute atomic E-state index is 0.0902. The molecular formula is C17H24Cl2N2O2. The van der Waals surface area contributed by atoms with Crippen LogP contribution in [0, 0.1) is 0 Å². The van der Waals surface area contributed by atoms with Crippen LogP contribution in [-0.4, -0.2) is 28.3 Å². The van der Waals surface area contributed by atoms with Gasteiger partial charge in [-0.25, -0.2) is 0 Å². The van der Waals surface area contributed by atoms with Crippen molar-refractivity contribution in [1.82, 2.24) is 10.2 Å². The molecular weight excluding hydrogens is 335 g/mol. The van der Waals surface area contributed by atoms with Gasteiger partial charge in [-0.1, -0.05) is 36.2 Å². The maximum atomic E-state index is 12.4. The van der Waals surface area contributed by atoms with Crippen LogP contribution in [-0.2, 0) is 16.1 Å². The Hall–Kier alpha value is -1.26. The van der Waals surface area contributed by atoms with E-state index in [0.717, 1.165) is 5.56 Å². The Morgan fingerprint density at radius 2 is 1.83 bits per heavy atom. The van der Waals surface area contributed by atoms with Gasteiger partial charge in [0.1, 0.15) is 6.04 Å². The first-order valence-corrected chi connectivity index (χ1v) is 8.36. The maximum Gasteiger partial charge on any atom is 0.242 e. The number of nitrogens with zero attached hydrogens (tertiary/aromatic N) is 1. The smallest absolute Gasteiger partial charge is 0.242 e. The topological polar surface area (TPSA) is 49.4 Å². The van der Waals surface area contributed by atoms with Gasteiger partial charge in [0.2, 0.25) is 11.8 Å². The summed E-state index contributed by atoms with van der Waals surface area (Å²) in [5.41, 5.74) is 0.479. The minimum Gasteiger partial charge on any atom is -0.350 e. The molecule has 0 spiro atoms. The van der Waals surface area contributed by atoms with Crippen molar-refractivity contribution in [2.45, 2.75) is 59.2 Å². The molecule has 0 aliphatic heterocycles. The average molecular weight is 359 g/mol. The molecule has 0 saturated carbocycles. The zero-order valence-corrected chi connectivity index (χ0v) is 15.8. The molecule has 0 radical (unpaired) electrons. The first kappa shape index (κ1) is 19.8. The molecule has 0 fully saturated rings. The zero-order valence-electron chi connectivity index (χ0n) is 14.2. The third kappa shape index (κ3) is 6.04. The van der Waals surface area contributed by atoms with E-state index in [1.807, 2.05) is 20.8 Å². The number of hydrogen-bond acceptors (Lipinski definition) is 2. The summed E-state index contributed by atoms with van der Waals surface area (Å²) in [4.78, 5) is 26.2. The Balaban J connectivity index is 2.97. The molecule has 1 aromatic carbocycles. The van der Waals surface area contributed by atoms with Crippen LogP contribution in [0.5, 0.6) is 0 Å². The molecule has 1 aromatic rings. The fourth-order valence-electron chi connectivity index (χ4n) is 2.09. The van der Waals surface area contributed by atoms with Crippen molar-refractivity contribution in [3.63, 3.8) is 0 Å². The number of halogens is 2. The van der Waals surface area contributed by atoms with Crippen LogP contribution in [0.25, 0.3) is 0 Å². The number of amides is 2. The van der Waals surface area contributed by atoms with Crippen molar-refractivity contribution in [2.24, 2.45) is 0 Å². The first-order chi connectivity index (χ1) is 10.5. The molecule has 1 rings (SSSR count). The average Bonchev–Trinajstić information content (AvgIpc) is 2.45. The van der Waals surface area contributed by atoms with E-state index in [0.29, 0.717) is 23.0 Å². The second-order valence-electron chi connectivity index (χ2n) is 6.54. The molecule has 0 aliphatic rings. The lowest BCUT2D eigenvalue weighted by Gasteiger charge is -2.31. The second-order valence-corrected chi connectivity index (χ2v) is 7.35. The quantitative estimate of drug-likeness (QED) is 0.863. The number of benzene rings is 1. The second kappa shape index (κ2) is 8.02. The first-order valence-electron chi connectivity index (χ1n) is 7.60. The van der Waals surface area contributed by atoms with Crippen molar-refractivity contribution in [1.29, 1.82) is 0 Å². The van der Waals surface area contributed by atoms with E-state index in [-0.39, 0.29) is 17.4 Å². The summed E-state index contributed by atoms with van der Waals surface area (Å²) in [6, 6.07) is 4.64. The van der Waals surface area contributed by atoms with E-state index < -0.39 is 6.04 Å². The van der Waals surface area contributed by atoms with E-state index in [9.17, 15) is 9.59 Å². The maximum absolute atomic E-state index is 12.4. The van der Waals surface area contributed by atoms with Gasteiger partial charge in [-0.3, -0.25) is 9.59 Å². The van der Waals surface area contributed by atoms with Gasteiger partial charge in [0.15, 0.2) is 0 Å². The van der Waals surface area contributed by atoms with Gasteiger partial charge in [0.05, 0.1) is 10.0 Å². The third-order valence-electron chi connectivity index (χ3n) is 3.30. The highest BCUT2D eigenvalue weighted by molar-refractivity contribution is 6.42. The third-order valence-corrected chi connectivity index (χ3v) is 4.04. The number of hydrogen-bond donors (Lipinski definition) is 1. The lowest BCUT2D eigenvalue weighted by molar-refractivity contribution is -0.141. The van der Waals surface area contributed by atoms with E-state index in [1.54, 1.807) is 36.9 Å². The van der Waals surface area contributed by atoms with Crippen LogP contribution < -0.4 is 5.32 Å². The van der Waals surface area contributed by atoms with Crippen molar-refractivity contribution >= 4 is 35.0 Å². The van der Waals surface area contributed by atoms with Crippen LogP contribution in [0.15, 0.2) is 18.2 Å². The zero-order chi connectivity index (χ0) is 17.8. The van der Waals surface area contributed by atoms with Crippen LogP contribution in [0.1, 0.15) is 46.6 Å². The molecule has 0 aromatic heterocycles. The highest BCUT2D eigenvalue weighted by Crippen LogP contribution is 2.24. The summed E-state index contributed by atoms with van der Waals surface area (Å²) in [5, 5.41) is 3.80. The molecule has 0 saturated heterocycles. The van der Waals surface area contributed by atoms with Crippen molar-refractivity contribution in [3.05, 3.63) is 33.8 Å². The lowest BCUT2D eigenvalue weighted by Crippen LogP contribution is -2.52. The Labute approximate surface area is 148 Å². The molecule has 4 nitrogen and oxygen atoms in total. The number of nitrogens with one attached hydrogen (secondary N) is 1. The van der Waals surface area contributed by atoms with Gasteiger partial charge in [0.25, 0.3) is 0 Å². The van der Waals surface area contributed by atoms with E-state index in [2.05, 4.69) is 5.32 Å². The monoisotopic (exact) mass is 358 g/mol. The van der Waals surface area contributed by atoms with Gasteiger partial charge in [-0.2, -0.15) is 0 Å². The number of rotatable bonds is 5. The molecule has 0 aliphatic carbocycles. The molecule has 0 bridgehead atoms. The molecule has 23 heavy (non-hydrogen) atoms. The summed E-state index contributed by atoms with van der Waals surface area (Å²) in [6.07, 6.45) is 0.328.